The number of unbranched alkanes of at least 4 members (excludes halogenated alkanes) is 1. The standard InChI is InChI=1S/C13H28N4OS.HI/c1-11(2)12(18)15-8-9-17-13(14-3)16-7-5-6-10-19-4;/h11H,5-10H2,1-4H3,(H,15,18)(H2,14,16,17);1H. The van der Waals surface area contributed by atoms with Gasteiger partial charge in [-0.1, -0.05) is 13.8 Å². The van der Waals surface area contributed by atoms with Crippen LogP contribution in [0.3, 0.4) is 0 Å². The van der Waals surface area contributed by atoms with Gasteiger partial charge in [0, 0.05) is 32.6 Å². The lowest BCUT2D eigenvalue weighted by Crippen LogP contribution is -2.42. The average Bonchev–Trinajstić information content (AvgIpc) is 2.40. The summed E-state index contributed by atoms with van der Waals surface area (Å²) in [6.45, 7) is 6.00. The summed E-state index contributed by atoms with van der Waals surface area (Å²) < 4.78 is 0. The predicted molar refractivity (Wildman–Crippen MR) is 100 cm³/mol. The number of thioether (sulfide) groups is 1. The van der Waals surface area contributed by atoms with Gasteiger partial charge >= 0.3 is 0 Å². The molecule has 0 unspecified atom stereocenters. The molecule has 0 atom stereocenters. The Labute approximate surface area is 144 Å². The molecule has 20 heavy (non-hydrogen) atoms. The maximum Gasteiger partial charge on any atom is 0.222 e. The molecule has 0 aromatic heterocycles. The smallest absolute Gasteiger partial charge is 0.222 e. The van der Waals surface area contributed by atoms with E-state index in [2.05, 4.69) is 27.2 Å². The number of carbonyl (C=O) groups is 1. The maximum atomic E-state index is 11.3. The topological polar surface area (TPSA) is 65.5 Å². The molecule has 0 aromatic carbocycles. The number of aliphatic imine (C=N–C) groups is 1. The van der Waals surface area contributed by atoms with E-state index in [9.17, 15) is 4.79 Å². The third kappa shape index (κ3) is 12.8. The maximum absolute atomic E-state index is 11.3. The normalized spacial score (nSPS) is 10.9. The highest BCUT2D eigenvalue weighted by atomic mass is 127. The first-order valence-electron chi connectivity index (χ1n) is 6.83. The van der Waals surface area contributed by atoms with Gasteiger partial charge in [0.1, 0.15) is 0 Å². The van der Waals surface area contributed by atoms with E-state index in [1.807, 2.05) is 25.6 Å². The molecule has 0 aromatic rings. The fourth-order valence-electron chi connectivity index (χ4n) is 1.37. The first-order valence-corrected chi connectivity index (χ1v) is 8.22. The van der Waals surface area contributed by atoms with Crippen LogP contribution in [0.5, 0.6) is 0 Å². The molecular formula is C13H29IN4OS. The number of hydrogen-bond acceptors (Lipinski definition) is 3. The summed E-state index contributed by atoms with van der Waals surface area (Å²) in [5, 5.41) is 9.29. The van der Waals surface area contributed by atoms with Crippen LogP contribution in [-0.2, 0) is 4.79 Å². The number of hydrogen-bond donors (Lipinski definition) is 3. The monoisotopic (exact) mass is 416 g/mol. The van der Waals surface area contributed by atoms with Gasteiger partial charge in [-0.25, -0.2) is 0 Å². The number of halogens is 1. The molecule has 0 aliphatic rings. The number of nitrogens with one attached hydrogen (secondary N) is 3. The number of amides is 1. The van der Waals surface area contributed by atoms with E-state index in [4.69, 9.17) is 0 Å². The third-order valence-corrected chi connectivity index (χ3v) is 3.23. The lowest BCUT2D eigenvalue weighted by atomic mass is 10.2. The zero-order valence-electron chi connectivity index (χ0n) is 13.0. The SMILES string of the molecule is CN=C(NCCCCSC)NCCNC(=O)C(C)C.I. The number of nitrogens with zero attached hydrogens (tertiary/aromatic N) is 1. The number of rotatable bonds is 9. The second-order valence-corrected chi connectivity index (χ2v) is 5.56. The lowest BCUT2D eigenvalue weighted by molar-refractivity contribution is -0.123. The summed E-state index contributed by atoms with van der Waals surface area (Å²) in [5.74, 6) is 2.12. The van der Waals surface area contributed by atoms with Crippen molar-refractivity contribution in [2.24, 2.45) is 10.9 Å². The first-order chi connectivity index (χ1) is 9.11. The fraction of sp³-hybridized carbons (Fsp3) is 0.846. The Hall–Kier alpha value is -0.180. The molecule has 0 fully saturated rings. The van der Waals surface area contributed by atoms with Gasteiger partial charge in [-0.2, -0.15) is 11.8 Å². The molecule has 1 amide bonds. The van der Waals surface area contributed by atoms with Crippen molar-refractivity contribution < 1.29 is 4.79 Å². The van der Waals surface area contributed by atoms with Crippen LogP contribution in [0.25, 0.3) is 0 Å². The molecule has 0 aliphatic carbocycles. The molecule has 0 aliphatic heterocycles. The highest BCUT2D eigenvalue weighted by Crippen LogP contribution is 1.97. The molecule has 0 saturated heterocycles. The third-order valence-electron chi connectivity index (χ3n) is 2.53. The Balaban J connectivity index is 0. The van der Waals surface area contributed by atoms with E-state index in [0.29, 0.717) is 13.1 Å². The summed E-state index contributed by atoms with van der Waals surface area (Å²) >= 11 is 1.87. The molecule has 3 N–H and O–H groups in total. The Morgan fingerprint density at radius 2 is 1.70 bits per heavy atom. The molecule has 0 bridgehead atoms. The molecule has 0 rings (SSSR count). The fourth-order valence-corrected chi connectivity index (χ4v) is 1.86. The molecule has 0 radical (unpaired) electrons. The van der Waals surface area contributed by atoms with Crippen LogP contribution in [0.2, 0.25) is 0 Å². The van der Waals surface area contributed by atoms with Crippen LogP contribution in [0.15, 0.2) is 4.99 Å². The predicted octanol–water partition coefficient (Wildman–Crippen LogP) is 1.68. The zero-order valence-corrected chi connectivity index (χ0v) is 16.1. The highest BCUT2D eigenvalue weighted by Gasteiger charge is 2.04. The largest absolute Gasteiger partial charge is 0.356 e. The lowest BCUT2D eigenvalue weighted by Gasteiger charge is -2.12. The Kier molecular flexibility index (Phi) is 16.8. The second-order valence-electron chi connectivity index (χ2n) is 4.57. The van der Waals surface area contributed by atoms with E-state index < -0.39 is 0 Å². The van der Waals surface area contributed by atoms with E-state index in [0.717, 1.165) is 18.9 Å². The highest BCUT2D eigenvalue weighted by molar-refractivity contribution is 14.0. The van der Waals surface area contributed by atoms with Crippen molar-refractivity contribution in [2.45, 2.75) is 26.7 Å². The van der Waals surface area contributed by atoms with E-state index in [1.165, 1.54) is 12.2 Å². The minimum absolute atomic E-state index is 0. The molecule has 0 spiro atoms. The van der Waals surface area contributed by atoms with Crippen LogP contribution in [0, 0.1) is 5.92 Å². The Morgan fingerprint density at radius 1 is 1.10 bits per heavy atom. The van der Waals surface area contributed by atoms with E-state index in [-0.39, 0.29) is 35.8 Å². The minimum Gasteiger partial charge on any atom is -0.356 e. The molecular weight excluding hydrogens is 387 g/mol. The van der Waals surface area contributed by atoms with Gasteiger partial charge in [0.05, 0.1) is 0 Å². The number of guanidine groups is 1. The molecule has 0 heterocycles. The van der Waals surface area contributed by atoms with Crippen molar-refractivity contribution >= 4 is 47.6 Å². The van der Waals surface area contributed by atoms with Crippen molar-refractivity contribution in [1.82, 2.24) is 16.0 Å². The van der Waals surface area contributed by atoms with Crippen LogP contribution in [0.4, 0.5) is 0 Å². The van der Waals surface area contributed by atoms with Crippen molar-refractivity contribution in [3.63, 3.8) is 0 Å². The van der Waals surface area contributed by atoms with Crippen LogP contribution >= 0.6 is 35.7 Å². The van der Waals surface area contributed by atoms with E-state index in [1.54, 1.807) is 7.05 Å². The van der Waals surface area contributed by atoms with Gasteiger partial charge in [0.2, 0.25) is 5.91 Å². The summed E-state index contributed by atoms with van der Waals surface area (Å²) in [4.78, 5) is 15.5. The summed E-state index contributed by atoms with van der Waals surface area (Å²) in [6.07, 6.45) is 4.49. The van der Waals surface area contributed by atoms with Crippen molar-refractivity contribution in [2.75, 3.05) is 38.7 Å². The molecule has 0 saturated carbocycles. The average molecular weight is 416 g/mol. The van der Waals surface area contributed by atoms with Crippen LogP contribution in [-0.4, -0.2) is 50.6 Å². The van der Waals surface area contributed by atoms with Crippen molar-refractivity contribution in [1.29, 1.82) is 0 Å². The van der Waals surface area contributed by atoms with Crippen molar-refractivity contribution in [3.05, 3.63) is 0 Å². The van der Waals surface area contributed by atoms with Gasteiger partial charge in [0.15, 0.2) is 5.96 Å². The Bertz CT molecular complexity index is 275. The van der Waals surface area contributed by atoms with Gasteiger partial charge < -0.3 is 16.0 Å². The zero-order chi connectivity index (χ0) is 14.5. The van der Waals surface area contributed by atoms with Crippen LogP contribution in [0.1, 0.15) is 26.7 Å². The molecule has 120 valence electrons. The minimum atomic E-state index is 0. The summed E-state index contributed by atoms with van der Waals surface area (Å²) in [5.41, 5.74) is 0. The van der Waals surface area contributed by atoms with Crippen LogP contribution < -0.4 is 16.0 Å². The summed E-state index contributed by atoms with van der Waals surface area (Å²) in [7, 11) is 1.75. The molecule has 7 heteroatoms. The van der Waals surface area contributed by atoms with Gasteiger partial charge in [0.25, 0.3) is 0 Å². The van der Waals surface area contributed by atoms with E-state index >= 15 is 0 Å². The van der Waals surface area contributed by atoms with Crippen molar-refractivity contribution in [3.8, 4) is 0 Å². The van der Waals surface area contributed by atoms with Gasteiger partial charge in [-0.05, 0) is 24.9 Å². The first kappa shape index (κ1) is 22.1. The summed E-state index contributed by atoms with van der Waals surface area (Å²) in [6, 6.07) is 0. The molecule has 5 nitrogen and oxygen atoms in total. The number of carbonyl (C=O) groups excluding carboxylic acids is 1. The quantitative estimate of drug-likeness (QED) is 0.232. The van der Waals surface area contributed by atoms with Gasteiger partial charge in [-0.3, -0.25) is 9.79 Å². The van der Waals surface area contributed by atoms with Gasteiger partial charge in [-0.15, -0.1) is 24.0 Å². The second kappa shape index (κ2) is 15.2. The Morgan fingerprint density at radius 3 is 2.25 bits per heavy atom.